The van der Waals surface area contributed by atoms with E-state index in [2.05, 4.69) is 25.3 Å². The summed E-state index contributed by atoms with van der Waals surface area (Å²) in [6.07, 6.45) is 6.75. The van der Waals surface area contributed by atoms with Gasteiger partial charge in [-0.1, -0.05) is 26.8 Å². The molecule has 3 nitrogen and oxygen atoms in total. The standard InChI is InChI=1S/C22H33NO2/c1-4-23-11-20(3)7-5-8-22-15(20)10-14(18(22)23)21-9-6-13(12(2)19(21)25)16(24)17(21)22/h13-19,24-25H,2,4-11H2,1,3H3/t13?,14-,15+,16?,17?,18?,19+,20-,21?,22-/m0/s1. The molecule has 0 aromatic carbocycles. The topological polar surface area (TPSA) is 43.7 Å². The smallest absolute Gasteiger partial charge is 0.0814 e. The molecule has 0 aromatic rings. The van der Waals surface area contributed by atoms with E-state index >= 15 is 0 Å². The van der Waals surface area contributed by atoms with Gasteiger partial charge in [0, 0.05) is 29.8 Å². The maximum absolute atomic E-state index is 11.5. The molecule has 6 aliphatic carbocycles. The van der Waals surface area contributed by atoms with Crippen molar-refractivity contribution in [2.75, 3.05) is 13.1 Å². The summed E-state index contributed by atoms with van der Waals surface area (Å²) in [7, 11) is 0. The number of hydrogen-bond donors (Lipinski definition) is 2. The zero-order valence-corrected chi connectivity index (χ0v) is 15.7. The van der Waals surface area contributed by atoms with E-state index in [0.29, 0.717) is 23.3 Å². The summed E-state index contributed by atoms with van der Waals surface area (Å²) in [6, 6.07) is 0.592. The zero-order valence-electron chi connectivity index (χ0n) is 15.7. The lowest BCUT2D eigenvalue weighted by Crippen LogP contribution is -2.69. The zero-order chi connectivity index (χ0) is 17.4. The number of aliphatic hydroxyl groups is 2. The minimum absolute atomic E-state index is 0.0809. The summed E-state index contributed by atoms with van der Waals surface area (Å²) in [4.78, 5) is 2.77. The normalized spacial score (nSPS) is 64.6. The molecule has 2 N–H and O–H groups in total. The van der Waals surface area contributed by atoms with Crippen molar-refractivity contribution in [2.24, 2.45) is 39.9 Å². The molecule has 6 saturated carbocycles. The van der Waals surface area contributed by atoms with Crippen molar-refractivity contribution >= 4 is 0 Å². The van der Waals surface area contributed by atoms with Gasteiger partial charge in [0.05, 0.1) is 12.2 Å². The summed E-state index contributed by atoms with van der Waals surface area (Å²) in [5.74, 6) is 1.77. The fraction of sp³-hybridized carbons (Fsp3) is 0.909. The Labute approximate surface area is 151 Å². The molecule has 1 aliphatic heterocycles. The lowest BCUT2D eigenvalue weighted by molar-refractivity contribution is -0.227. The first-order valence-electron chi connectivity index (χ1n) is 10.7. The maximum Gasteiger partial charge on any atom is 0.0814 e. The number of likely N-dealkylation sites (tertiary alicyclic amines) is 1. The van der Waals surface area contributed by atoms with Gasteiger partial charge in [-0.3, -0.25) is 4.90 Å². The highest BCUT2D eigenvalue weighted by molar-refractivity contribution is 5.38. The summed E-state index contributed by atoms with van der Waals surface area (Å²) in [5, 5.41) is 22.9. The molecule has 0 amide bonds. The van der Waals surface area contributed by atoms with Crippen molar-refractivity contribution in [1.29, 1.82) is 0 Å². The third-order valence-corrected chi connectivity index (χ3v) is 10.5. The first-order chi connectivity index (χ1) is 11.9. The molecule has 2 spiro atoms. The summed E-state index contributed by atoms with van der Waals surface area (Å²) < 4.78 is 0. The van der Waals surface area contributed by atoms with Gasteiger partial charge in [-0.2, -0.15) is 0 Å². The molecule has 25 heavy (non-hydrogen) atoms. The predicted molar refractivity (Wildman–Crippen MR) is 96.8 cm³/mol. The van der Waals surface area contributed by atoms with Crippen LogP contribution >= 0.6 is 0 Å². The summed E-state index contributed by atoms with van der Waals surface area (Å²) in [6.45, 7) is 11.5. The molecular weight excluding hydrogens is 310 g/mol. The average Bonchev–Trinajstić information content (AvgIpc) is 2.99. The molecule has 7 aliphatic rings. The second kappa shape index (κ2) is 4.36. The molecule has 0 aromatic heterocycles. The van der Waals surface area contributed by atoms with E-state index < -0.39 is 0 Å². The molecule has 1 saturated heterocycles. The van der Waals surface area contributed by atoms with Crippen LogP contribution in [0.3, 0.4) is 0 Å². The second-order valence-corrected chi connectivity index (χ2v) is 10.7. The third kappa shape index (κ3) is 1.34. The van der Waals surface area contributed by atoms with Crippen LogP contribution in [0.2, 0.25) is 0 Å². The van der Waals surface area contributed by atoms with Crippen molar-refractivity contribution in [1.82, 2.24) is 4.90 Å². The van der Waals surface area contributed by atoms with Gasteiger partial charge in [0.1, 0.15) is 0 Å². The van der Waals surface area contributed by atoms with E-state index in [1.807, 2.05) is 0 Å². The van der Waals surface area contributed by atoms with Crippen LogP contribution in [-0.2, 0) is 0 Å². The molecule has 7 fully saturated rings. The van der Waals surface area contributed by atoms with Crippen molar-refractivity contribution in [3.63, 3.8) is 0 Å². The lowest BCUT2D eigenvalue weighted by atomic mass is 9.39. The van der Waals surface area contributed by atoms with Crippen molar-refractivity contribution in [3.8, 4) is 0 Å². The quantitative estimate of drug-likeness (QED) is 0.720. The molecule has 7 rings (SSSR count). The highest BCUT2D eigenvalue weighted by Crippen LogP contribution is 2.83. The number of hydrogen-bond acceptors (Lipinski definition) is 3. The largest absolute Gasteiger partial charge is 0.392 e. The van der Waals surface area contributed by atoms with Crippen LogP contribution in [0.5, 0.6) is 0 Å². The molecule has 1 heterocycles. The monoisotopic (exact) mass is 343 g/mol. The molecular formula is C22H33NO2. The highest BCUT2D eigenvalue weighted by Gasteiger charge is 2.84. The Morgan fingerprint density at radius 3 is 2.76 bits per heavy atom. The van der Waals surface area contributed by atoms with Gasteiger partial charge < -0.3 is 10.2 Å². The number of fused-ring (bicyclic) bond motifs is 2. The molecule has 3 heteroatoms. The van der Waals surface area contributed by atoms with Gasteiger partial charge in [0.2, 0.25) is 0 Å². The van der Waals surface area contributed by atoms with E-state index in [0.717, 1.165) is 30.9 Å². The number of nitrogens with zero attached hydrogens (tertiary/aromatic N) is 1. The Kier molecular flexibility index (Phi) is 2.73. The van der Waals surface area contributed by atoms with E-state index in [4.69, 9.17) is 0 Å². The van der Waals surface area contributed by atoms with Gasteiger partial charge in [0.25, 0.3) is 0 Å². The van der Waals surface area contributed by atoms with E-state index in [9.17, 15) is 10.2 Å². The summed E-state index contributed by atoms with van der Waals surface area (Å²) in [5.41, 5.74) is 1.54. The summed E-state index contributed by atoms with van der Waals surface area (Å²) >= 11 is 0. The maximum atomic E-state index is 11.5. The highest BCUT2D eigenvalue weighted by atomic mass is 16.3. The van der Waals surface area contributed by atoms with E-state index in [1.54, 1.807) is 0 Å². The Bertz CT molecular complexity index is 662. The molecule has 0 radical (unpaired) electrons. The molecule has 10 atom stereocenters. The van der Waals surface area contributed by atoms with Crippen LogP contribution in [0.15, 0.2) is 12.2 Å². The van der Waals surface area contributed by atoms with Crippen molar-refractivity contribution in [3.05, 3.63) is 12.2 Å². The van der Waals surface area contributed by atoms with Crippen LogP contribution in [0.25, 0.3) is 0 Å². The van der Waals surface area contributed by atoms with Gasteiger partial charge in [-0.15, -0.1) is 0 Å². The van der Waals surface area contributed by atoms with Crippen molar-refractivity contribution < 1.29 is 10.2 Å². The van der Waals surface area contributed by atoms with Crippen LogP contribution in [0, 0.1) is 39.9 Å². The minimum atomic E-state index is -0.377. The second-order valence-electron chi connectivity index (χ2n) is 10.7. The van der Waals surface area contributed by atoms with Gasteiger partial charge in [0.15, 0.2) is 0 Å². The average molecular weight is 344 g/mol. The number of piperidine rings is 1. The van der Waals surface area contributed by atoms with Gasteiger partial charge >= 0.3 is 0 Å². The Hall–Kier alpha value is -0.380. The van der Waals surface area contributed by atoms with Crippen LogP contribution < -0.4 is 0 Å². The Balaban J connectivity index is 1.60. The first-order valence-corrected chi connectivity index (χ1v) is 10.7. The molecule has 138 valence electrons. The fourth-order valence-electron chi connectivity index (χ4n) is 10.1. The number of aliphatic hydroxyl groups excluding tert-OH is 2. The van der Waals surface area contributed by atoms with Crippen molar-refractivity contribution in [2.45, 2.75) is 70.6 Å². The minimum Gasteiger partial charge on any atom is -0.392 e. The first kappa shape index (κ1) is 15.7. The van der Waals surface area contributed by atoms with E-state index in [1.165, 1.54) is 32.2 Å². The van der Waals surface area contributed by atoms with E-state index in [-0.39, 0.29) is 29.0 Å². The lowest BCUT2D eigenvalue weighted by Gasteiger charge is -2.68. The van der Waals surface area contributed by atoms with Crippen LogP contribution in [0.4, 0.5) is 0 Å². The number of rotatable bonds is 1. The Morgan fingerprint density at radius 2 is 2.00 bits per heavy atom. The third-order valence-electron chi connectivity index (χ3n) is 10.5. The predicted octanol–water partition coefficient (Wildman–Crippen LogP) is 2.82. The van der Waals surface area contributed by atoms with Gasteiger partial charge in [-0.05, 0) is 66.9 Å². The SMILES string of the molecule is C=C1C2CCC3(C(C2O)[C@@]24CCC[C@@]5(C)CN(CC)C2[C@@H]3C[C@H]54)[C@@H]1O. The van der Waals surface area contributed by atoms with Gasteiger partial charge in [-0.25, -0.2) is 0 Å². The Morgan fingerprint density at radius 1 is 1.20 bits per heavy atom. The fourth-order valence-corrected chi connectivity index (χ4v) is 10.1. The molecule has 5 unspecified atom stereocenters. The van der Waals surface area contributed by atoms with Crippen LogP contribution in [-0.4, -0.2) is 46.5 Å². The van der Waals surface area contributed by atoms with Crippen LogP contribution in [0.1, 0.15) is 52.4 Å². The molecule has 7 bridgehead atoms.